The molecule has 0 spiro atoms. The Morgan fingerprint density at radius 2 is 1.68 bits per heavy atom. The van der Waals surface area contributed by atoms with Crippen molar-refractivity contribution in [1.82, 2.24) is 0 Å². The molecule has 3 atom stereocenters. The molecular weight excluding hydrogens is 280 g/mol. The van der Waals surface area contributed by atoms with Crippen molar-refractivity contribution in [2.75, 3.05) is 13.2 Å². The molecule has 2 aromatic carbocycles. The molecule has 4 heteroatoms. The number of aliphatic hydroxyl groups is 2. The minimum atomic E-state index is -1.30. The predicted octanol–water partition coefficient (Wildman–Crippen LogP) is 2.37. The van der Waals surface area contributed by atoms with E-state index in [-0.39, 0.29) is 12.7 Å². The summed E-state index contributed by atoms with van der Waals surface area (Å²) in [4.78, 5) is 0. The SMILES string of the molecule is OCC1CCOC(c2ccccc2)(C(O)c2ccccc2)O1. The third kappa shape index (κ3) is 2.78. The van der Waals surface area contributed by atoms with Crippen LogP contribution in [0.2, 0.25) is 0 Å². The Labute approximate surface area is 129 Å². The zero-order valence-corrected chi connectivity index (χ0v) is 12.3. The number of hydrogen-bond acceptors (Lipinski definition) is 4. The van der Waals surface area contributed by atoms with Crippen LogP contribution in [0, 0.1) is 0 Å². The monoisotopic (exact) mass is 300 g/mol. The molecule has 0 aromatic heterocycles. The molecule has 22 heavy (non-hydrogen) atoms. The van der Waals surface area contributed by atoms with Crippen LogP contribution in [0.1, 0.15) is 23.7 Å². The third-order valence-electron chi connectivity index (χ3n) is 3.95. The van der Waals surface area contributed by atoms with Gasteiger partial charge in [-0.05, 0) is 12.0 Å². The van der Waals surface area contributed by atoms with Gasteiger partial charge in [-0.15, -0.1) is 0 Å². The molecule has 2 aromatic rings. The maximum absolute atomic E-state index is 10.9. The van der Waals surface area contributed by atoms with Crippen LogP contribution >= 0.6 is 0 Å². The molecule has 0 aliphatic carbocycles. The second-order valence-electron chi connectivity index (χ2n) is 5.41. The van der Waals surface area contributed by atoms with Crippen molar-refractivity contribution in [3.05, 3.63) is 71.8 Å². The summed E-state index contributed by atoms with van der Waals surface area (Å²) in [5.41, 5.74) is 1.45. The Morgan fingerprint density at radius 1 is 1.05 bits per heavy atom. The average molecular weight is 300 g/mol. The predicted molar refractivity (Wildman–Crippen MR) is 82.0 cm³/mol. The third-order valence-corrected chi connectivity index (χ3v) is 3.95. The molecule has 1 aliphatic rings. The summed E-state index contributed by atoms with van der Waals surface area (Å²) in [6.07, 6.45) is -0.732. The van der Waals surface area contributed by atoms with Gasteiger partial charge in [0.2, 0.25) is 5.79 Å². The van der Waals surface area contributed by atoms with Crippen LogP contribution in [0.3, 0.4) is 0 Å². The smallest absolute Gasteiger partial charge is 0.226 e. The van der Waals surface area contributed by atoms with E-state index in [0.29, 0.717) is 18.6 Å². The van der Waals surface area contributed by atoms with Gasteiger partial charge >= 0.3 is 0 Å². The van der Waals surface area contributed by atoms with E-state index in [9.17, 15) is 10.2 Å². The topological polar surface area (TPSA) is 58.9 Å². The fourth-order valence-corrected chi connectivity index (χ4v) is 2.79. The van der Waals surface area contributed by atoms with Crippen molar-refractivity contribution < 1.29 is 19.7 Å². The zero-order valence-electron chi connectivity index (χ0n) is 12.3. The highest BCUT2D eigenvalue weighted by atomic mass is 16.7. The van der Waals surface area contributed by atoms with Crippen LogP contribution in [0.5, 0.6) is 0 Å². The average Bonchev–Trinajstić information content (AvgIpc) is 2.62. The Hall–Kier alpha value is -1.72. The summed E-state index contributed by atoms with van der Waals surface area (Å²) in [5.74, 6) is -1.30. The van der Waals surface area contributed by atoms with Gasteiger partial charge in [-0.25, -0.2) is 0 Å². The van der Waals surface area contributed by atoms with Gasteiger partial charge in [0.05, 0.1) is 19.3 Å². The van der Waals surface area contributed by atoms with Crippen LogP contribution in [-0.2, 0) is 15.3 Å². The number of benzene rings is 2. The van der Waals surface area contributed by atoms with Crippen molar-refractivity contribution >= 4 is 0 Å². The molecule has 1 heterocycles. The van der Waals surface area contributed by atoms with Crippen molar-refractivity contribution in [2.24, 2.45) is 0 Å². The first kappa shape index (κ1) is 15.2. The van der Waals surface area contributed by atoms with Crippen molar-refractivity contribution in [1.29, 1.82) is 0 Å². The van der Waals surface area contributed by atoms with Gasteiger partial charge in [-0.3, -0.25) is 0 Å². The van der Waals surface area contributed by atoms with E-state index in [1.807, 2.05) is 60.7 Å². The van der Waals surface area contributed by atoms with E-state index in [2.05, 4.69) is 0 Å². The second kappa shape index (κ2) is 6.58. The molecular formula is C18H20O4. The first-order chi connectivity index (χ1) is 10.8. The number of rotatable bonds is 4. The highest BCUT2D eigenvalue weighted by Crippen LogP contribution is 2.43. The Morgan fingerprint density at radius 3 is 2.32 bits per heavy atom. The molecule has 1 fully saturated rings. The Balaban J connectivity index is 2.03. The Kier molecular flexibility index (Phi) is 4.55. The molecule has 1 aliphatic heterocycles. The lowest BCUT2D eigenvalue weighted by Gasteiger charge is -2.43. The van der Waals surface area contributed by atoms with Crippen molar-refractivity contribution in [2.45, 2.75) is 24.4 Å². The summed E-state index contributed by atoms with van der Waals surface area (Å²) in [7, 11) is 0. The van der Waals surface area contributed by atoms with Gasteiger partial charge in [0, 0.05) is 5.56 Å². The number of ether oxygens (including phenoxy) is 2. The largest absolute Gasteiger partial charge is 0.394 e. The molecule has 1 saturated heterocycles. The quantitative estimate of drug-likeness (QED) is 0.910. The van der Waals surface area contributed by atoms with E-state index in [0.717, 1.165) is 5.56 Å². The van der Waals surface area contributed by atoms with Crippen molar-refractivity contribution in [3.63, 3.8) is 0 Å². The summed E-state index contributed by atoms with van der Waals surface area (Å²) in [6, 6.07) is 18.7. The fourth-order valence-electron chi connectivity index (χ4n) is 2.79. The van der Waals surface area contributed by atoms with Crippen LogP contribution in [-0.4, -0.2) is 29.5 Å². The Bertz CT molecular complexity index is 587. The molecule has 3 rings (SSSR count). The normalized spacial score (nSPS) is 26.5. The summed E-state index contributed by atoms with van der Waals surface area (Å²) in [6.45, 7) is 0.323. The van der Waals surface area contributed by atoms with Gasteiger partial charge in [0.25, 0.3) is 0 Å². The van der Waals surface area contributed by atoms with Gasteiger partial charge in [-0.1, -0.05) is 60.7 Å². The van der Waals surface area contributed by atoms with Crippen molar-refractivity contribution in [3.8, 4) is 0 Å². The first-order valence-corrected chi connectivity index (χ1v) is 7.47. The lowest BCUT2D eigenvalue weighted by atomic mass is 9.93. The summed E-state index contributed by atoms with van der Waals surface area (Å²) < 4.78 is 11.9. The maximum Gasteiger partial charge on any atom is 0.226 e. The first-order valence-electron chi connectivity index (χ1n) is 7.47. The lowest BCUT2D eigenvalue weighted by molar-refractivity contribution is -0.345. The summed E-state index contributed by atoms with van der Waals surface area (Å²) >= 11 is 0. The minimum absolute atomic E-state index is 0.0978. The van der Waals surface area contributed by atoms with E-state index in [4.69, 9.17) is 9.47 Å². The molecule has 116 valence electrons. The van der Waals surface area contributed by atoms with E-state index in [1.54, 1.807) is 0 Å². The molecule has 4 nitrogen and oxygen atoms in total. The summed E-state index contributed by atoms with van der Waals surface area (Å²) in [5, 5.41) is 20.4. The fraction of sp³-hybridized carbons (Fsp3) is 0.333. The second-order valence-corrected chi connectivity index (χ2v) is 5.41. The van der Waals surface area contributed by atoms with E-state index in [1.165, 1.54) is 0 Å². The van der Waals surface area contributed by atoms with E-state index < -0.39 is 11.9 Å². The number of aliphatic hydroxyl groups excluding tert-OH is 2. The molecule has 0 bridgehead atoms. The zero-order chi connectivity index (χ0) is 15.4. The van der Waals surface area contributed by atoms with Gasteiger partial charge < -0.3 is 19.7 Å². The van der Waals surface area contributed by atoms with Crippen LogP contribution < -0.4 is 0 Å². The van der Waals surface area contributed by atoms with Gasteiger partial charge in [0.15, 0.2) is 0 Å². The number of hydrogen-bond donors (Lipinski definition) is 2. The van der Waals surface area contributed by atoms with Gasteiger partial charge in [0.1, 0.15) is 6.10 Å². The van der Waals surface area contributed by atoms with Gasteiger partial charge in [-0.2, -0.15) is 0 Å². The molecule has 0 saturated carbocycles. The van der Waals surface area contributed by atoms with E-state index >= 15 is 0 Å². The molecule has 0 radical (unpaired) electrons. The molecule has 0 amide bonds. The maximum atomic E-state index is 10.9. The molecule has 3 unspecified atom stereocenters. The van der Waals surface area contributed by atoms with Crippen LogP contribution in [0.25, 0.3) is 0 Å². The standard InChI is InChI=1S/C18H20O4/c19-13-16-11-12-21-18(22-16,15-9-5-2-6-10-15)17(20)14-7-3-1-4-8-14/h1-10,16-17,19-20H,11-13H2. The highest BCUT2D eigenvalue weighted by molar-refractivity contribution is 5.28. The van der Waals surface area contributed by atoms with Crippen LogP contribution in [0.15, 0.2) is 60.7 Å². The lowest BCUT2D eigenvalue weighted by Crippen LogP contribution is -2.47. The van der Waals surface area contributed by atoms with Crippen LogP contribution in [0.4, 0.5) is 0 Å². The highest BCUT2D eigenvalue weighted by Gasteiger charge is 2.47. The minimum Gasteiger partial charge on any atom is -0.394 e. The molecule has 2 N–H and O–H groups in total.